The molecule has 14 heavy (non-hydrogen) atoms. The molecule has 0 spiro atoms. The Morgan fingerprint density at radius 1 is 1.29 bits per heavy atom. The van der Waals surface area contributed by atoms with Gasteiger partial charge in [-0.2, -0.15) is 0 Å². The van der Waals surface area contributed by atoms with Gasteiger partial charge in [0.2, 0.25) is 0 Å². The van der Waals surface area contributed by atoms with Crippen LogP contribution < -0.4 is 4.57 Å². The maximum absolute atomic E-state index is 11.1. The third-order valence-electron chi connectivity index (χ3n) is 2.06. The van der Waals surface area contributed by atoms with Gasteiger partial charge in [-0.15, -0.1) is 0 Å². The zero-order valence-electron chi connectivity index (χ0n) is 8.60. The van der Waals surface area contributed by atoms with Crippen LogP contribution in [0, 0.1) is 0 Å². The Kier molecular flexibility index (Phi) is 3.63. The number of nitrogens with zero attached hydrogens (tertiary/aromatic N) is 1. The molecule has 1 rings (SSSR count). The second-order valence-corrected chi connectivity index (χ2v) is 5.41. The van der Waals surface area contributed by atoms with E-state index in [4.69, 9.17) is 0 Å². The van der Waals surface area contributed by atoms with Gasteiger partial charge in [0.05, 0.1) is 4.90 Å². The molecule has 0 aliphatic carbocycles. The lowest BCUT2D eigenvalue weighted by Gasteiger charge is -1.97. The van der Waals surface area contributed by atoms with Crippen molar-refractivity contribution in [3.63, 3.8) is 0 Å². The summed E-state index contributed by atoms with van der Waals surface area (Å²) in [6.07, 6.45) is 7.10. The largest absolute Gasteiger partial charge is 0.224 e. The summed E-state index contributed by atoms with van der Waals surface area (Å²) in [4.78, 5) is 0.380. The fourth-order valence-corrected chi connectivity index (χ4v) is 1.80. The Hall–Kier alpha value is -0.900. The molecule has 0 fully saturated rings. The van der Waals surface area contributed by atoms with Crippen LogP contribution in [0.5, 0.6) is 0 Å². The van der Waals surface area contributed by atoms with E-state index in [2.05, 4.69) is 6.92 Å². The fraction of sp³-hybridized carbons (Fsp3) is 0.500. The zero-order chi connectivity index (χ0) is 10.6. The van der Waals surface area contributed by atoms with Crippen LogP contribution in [0.25, 0.3) is 0 Å². The summed E-state index contributed by atoms with van der Waals surface area (Å²) in [5, 5.41) is 0. The Morgan fingerprint density at radius 2 is 1.86 bits per heavy atom. The average molecular weight is 214 g/mol. The lowest BCUT2D eigenvalue weighted by Crippen LogP contribution is -2.32. The number of hydrogen-bond donors (Lipinski definition) is 0. The molecule has 0 saturated carbocycles. The van der Waals surface area contributed by atoms with Gasteiger partial charge in [0.25, 0.3) is 0 Å². The highest BCUT2D eigenvalue weighted by molar-refractivity contribution is 7.90. The molecule has 1 aromatic heterocycles. The van der Waals surface area contributed by atoms with Gasteiger partial charge in [-0.05, 0) is 0 Å². The third-order valence-corrected chi connectivity index (χ3v) is 3.19. The van der Waals surface area contributed by atoms with Gasteiger partial charge in [-0.25, -0.2) is 13.0 Å². The van der Waals surface area contributed by atoms with E-state index in [1.54, 1.807) is 12.1 Å². The van der Waals surface area contributed by atoms with Crippen LogP contribution in [0.15, 0.2) is 29.4 Å². The normalized spacial score (nSPS) is 11.6. The maximum atomic E-state index is 11.1. The van der Waals surface area contributed by atoms with Crippen molar-refractivity contribution in [3.8, 4) is 0 Å². The predicted molar refractivity (Wildman–Crippen MR) is 54.7 cm³/mol. The molecule has 0 N–H and O–H groups in total. The quantitative estimate of drug-likeness (QED) is 0.706. The van der Waals surface area contributed by atoms with Crippen molar-refractivity contribution in [1.82, 2.24) is 0 Å². The van der Waals surface area contributed by atoms with Crippen LogP contribution in [-0.2, 0) is 16.4 Å². The number of unbranched alkanes of at least 4 members (excludes halogenated alkanes) is 1. The van der Waals surface area contributed by atoms with Crippen molar-refractivity contribution in [1.29, 1.82) is 0 Å². The highest BCUT2D eigenvalue weighted by atomic mass is 32.2. The zero-order valence-corrected chi connectivity index (χ0v) is 9.42. The summed E-state index contributed by atoms with van der Waals surface area (Å²) in [5.74, 6) is 0. The first-order valence-electron chi connectivity index (χ1n) is 4.73. The highest BCUT2D eigenvalue weighted by Gasteiger charge is 2.08. The van der Waals surface area contributed by atoms with E-state index >= 15 is 0 Å². The first-order chi connectivity index (χ1) is 6.54. The standard InChI is InChI=1S/C10H16NO2S/c1-3-4-7-11-8-5-10(6-9-11)14(2,12)13/h5-6,8-9H,3-4,7H2,1-2H3/q+1. The lowest BCUT2D eigenvalue weighted by molar-refractivity contribution is -0.697. The minimum Gasteiger partial charge on any atom is -0.224 e. The molecule has 1 heterocycles. The SMILES string of the molecule is CCCC[n+]1ccc(S(C)(=O)=O)cc1. The topological polar surface area (TPSA) is 38.0 Å². The molecule has 0 radical (unpaired) electrons. The van der Waals surface area contributed by atoms with E-state index in [0.717, 1.165) is 19.4 Å². The second kappa shape index (κ2) is 4.55. The van der Waals surface area contributed by atoms with E-state index in [-0.39, 0.29) is 0 Å². The number of hydrogen-bond acceptors (Lipinski definition) is 2. The first kappa shape index (κ1) is 11.2. The smallest absolute Gasteiger partial charge is 0.175 e. The van der Waals surface area contributed by atoms with Gasteiger partial charge in [0.1, 0.15) is 6.54 Å². The molecule has 0 aliphatic rings. The number of aryl methyl sites for hydroxylation is 1. The summed E-state index contributed by atoms with van der Waals surface area (Å²) in [5.41, 5.74) is 0. The molecule has 0 unspecified atom stereocenters. The Balaban J connectivity index is 2.79. The average Bonchev–Trinajstić information content (AvgIpc) is 2.14. The van der Waals surface area contributed by atoms with E-state index in [9.17, 15) is 8.42 Å². The summed E-state index contributed by atoms with van der Waals surface area (Å²) in [6.45, 7) is 3.08. The summed E-state index contributed by atoms with van der Waals surface area (Å²) in [6, 6.07) is 3.29. The second-order valence-electron chi connectivity index (χ2n) is 3.40. The highest BCUT2D eigenvalue weighted by Crippen LogP contribution is 2.04. The minimum absolute atomic E-state index is 0.380. The number of pyridine rings is 1. The number of rotatable bonds is 4. The van der Waals surface area contributed by atoms with Crippen LogP contribution in [0.2, 0.25) is 0 Å². The molecular formula is C10H16NO2S+. The summed E-state index contributed by atoms with van der Waals surface area (Å²) in [7, 11) is -3.05. The van der Waals surface area contributed by atoms with Crippen molar-refractivity contribution < 1.29 is 13.0 Å². The Labute approximate surface area is 85.3 Å². The van der Waals surface area contributed by atoms with E-state index < -0.39 is 9.84 Å². The van der Waals surface area contributed by atoms with Crippen molar-refractivity contribution in [2.24, 2.45) is 0 Å². The molecule has 4 heteroatoms. The first-order valence-corrected chi connectivity index (χ1v) is 6.62. The Bertz CT molecular complexity index is 381. The van der Waals surface area contributed by atoms with Crippen LogP contribution >= 0.6 is 0 Å². The van der Waals surface area contributed by atoms with Crippen molar-refractivity contribution >= 4 is 9.84 Å². The molecule has 3 nitrogen and oxygen atoms in total. The number of aromatic nitrogens is 1. The van der Waals surface area contributed by atoms with Crippen LogP contribution in [0.4, 0.5) is 0 Å². The molecule has 0 bridgehead atoms. The van der Waals surface area contributed by atoms with Crippen molar-refractivity contribution in [2.45, 2.75) is 31.2 Å². The molecule has 0 amide bonds. The molecule has 78 valence electrons. The number of sulfone groups is 1. The van der Waals surface area contributed by atoms with Crippen molar-refractivity contribution in [2.75, 3.05) is 6.26 Å². The summed E-state index contributed by atoms with van der Waals surface area (Å²) >= 11 is 0. The molecule has 0 atom stereocenters. The van der Waals surface area contributed by atoms with Gasteiger partial charge in [0.15, 0.2) is 22.2 Å². The van der Waals surface area contributed by atoms with Gasteiger partial charge in [-0.3, -0.25) is 0 Å². The minimum atomic E-state index is -3.05. The van der Waals surface area contributed by atoms with Gasteiger partial charge in [-0.1, -0.05) is 13.3 Å². The summed E-state index contributed by atoms with van der Waals surface area (Å²) < 4.78 is 24.3. The molecule has 1 aromatic rings. The van der Waals surface area contributed by atoms with Crippen LogP contribution in [-0.4, -0.2) is 14.7 Å². The van der Waals surface area contributed by atoms with Gasteiger partial charge >= 0.3 is 0 Å². The van der Waals surface area contributed by atoms with Gasteiger partial charge < -0.3 is 0 Å². The third kappa shape index (κ3) is 3.10. The van der Waals surface area contributed by atoms with Gasteiger partial charge in [0, 0.05) is 24.8 Å². The van der Waals surface area contributed by atoms with E-state index in [1.807, 2.05) is 17.0 Å². The van der Waals surface area contributed by atoms with Crippen LogP contribution in [0.3, 0.4) is 0 Å². The Morgan fingerprint density at radius 3 is 2.29 bits per heavy atom. The van der Waals surface area contributed by atoms with E-state index in [0.29, 0.717) is 4.90 Å². The lowest BCUT2D eigenvalue weighted by atomic mass is 10.3. The fourth-order valence-electron chi connectivity index (χ4n) is 1.18. The van der Waals surface area contributed by atoms with Crippen molar-refractivity contribution in [3.05, 3.63) is 24.5 Å². The predicted octanol–water partition coefficient (Wildman–Crippen LogP) is 1.18. The monoisotopic (exact) mass is 214 g/mol. The van der Waals surface area contributed by atoms with E-state index in [1.165, 1.54) is 6.26 Å². The molecule has 0 saturated heterocycles. The van der Waals surface area contributed by atoms with Crippen LogP contribution in [0.1, 0.15) is 19.8 Å². The molecule has 0 aliphatic heterocycles. The maximum Gasteiger partial charge on any atom is 0.175 e. The molecule has 0 aromatic carbocycles. The molecular weight excluding hydrogens is 198 g/mol.